The second kappa shape index (κ2) is 7.24. The van der Waals surface area contributed by atoms with Crippen molar-refractivity contribution in [2.24, 2.45) is 5.73 Å². The van der Waals surface area contributed by atoms with Gasteiger partial charge in [-0.15, -0.1) is 0 Å². The van der Waals surface area contributed by atoms with E-state index in [4.69, 9.17) is 5.73 Å². The molecule has 0 bridgehead atoms. The topological polar surface area (TPSA) is 29.3 Å². The maximum Gasteiger partial charge on any atom is 0.0499 e. The van der Waals surface area contributed by atoms with E-state index in [1.807, 2.05) is 0 Å². The first kappa shape index (κ1) is 15.5. The SMILES string of the molecule is CCN(C1CCCCC1)C(c1ccc(C)cc1)C(C)N. The molecule has 0 saturated heterocycles. The highest BCUT2D eigenvalue weighted by Gasteiger charge is 2.29. The summed E-state index contributed by atoms with van der Waals surface area (Å²) in [6, 6.07) is 10.2. The van der Waals surface area contributed by atoms with Gasteiger partial charge in [0.05, 0.1) is 0 Å². The Hall–Kier alpha value is -0.860. The van der Waals surface area contributed by atoms with Crippen molar-refractivity contribution in [3.63, 3.8) is 0 Å². The minimum atomic E-state index is 0.166. The summed E-state index contributed by atoms with van der Waals surface area (Å²) in [5.41, 5.74) is 9.04. The molecule has 2 atom stereocenters. The van der Waals surface area contributed by atoms with Gasteiger partial charge >= 0.3 is 0 Å². The maximum absolute atomic E-state index is 6.35. The fraction of sp³-hybridized carbons (Fsp3) is 0.667. The summed E-state index contributed by atoms with van der Waals surface area (Å²) in [5.74, 6) is 0. The zero-order chi connectivity index (χ0) is 14.5. The standard InChI is InChI=1S/C18H30N2/c1-4-20(17-8-6-5-7-9-17)18(15(3)19)16-12-10-14(2)11-13-16/h10-13,15,17-18H,4-9,19H2,1-3H3. The molecular weight excluding hydrogens is 244 g/mol. The fourth-order valence-electron chi connectivity index (χ4n) is 3.66. The average Bonchev–Trinajstić information content (AvgIpc) is 2.46. The van der Waals surface area contributed by atoms with Gasteiger partial charge in [0, 0.05) is 18.1 Å². The molecule has 0 aromatic heterocycles. The summed E-state index contributed by atoms with van der Waals surface area (Å²) >= 11 is 0. The average molecular weight is 274 g/mol. The molecule has 1 aromatic rings. The lowest BCUT2D eigenvalue weighted by molar-refractivity contribution is 0.0974. The number of likely N-dealkylation sites (N-methyl/N-ethyl adjacent to an activating group) is 1. The number of hydrogen-bond acceptors (Lipinski definition) is 2. The van der Waals surface area contributed by atoms with Crippen molar-refractivity contribution in [2.75, 3.05) is 6.54 Å². The lowest BCUT2D eigenvalue weighted by atomic mass is 9.90. The van der Waals surface area contributed by atoms with Gasteiger partial charge in [-0.25, -0.2) is 0 Å². The van der Waals surface area contributed by atoms with Gasteiger partial charge < -0.3 is 5.73 Å². The lowest BCUT2D eigenvalue weighted by Crippen LogP contribution is -2.45. The molecule has 0 spiro atoms. The molecular formula is C18H30N2. The van der Waals surface area contributed by atoms with Gasteiger partial charge in [0.25, 0.3) is 0 Å². The van der Waals surface area contributed by atoms with Crippen LogP contribution in [0.4, 0.5) is 0 Å². The number of aryl methyl sites for hydroxylation is 1. The summed E-state index contributed by atoms with van der Waals surface area (Å²) in [7, 11) is 0. The smallest absolute Gasteiger partial charge is 0.0499 e. The van der Waals surface area contributed by atoms with Crippen molar-refractivity contribution in [1.82, 2.24) is 4.90 Å². The maximum atomic E-state index is 6.35. The monoisotopic (exact) mass is 274 g/mol. The molecule has 20 heavy (non-hydrogen) atoms. The van der Waals surface area contributed by atoms with Crippen LogP contribution in [0.2, 0.25) is 0 Å². The largest absolute Gasteiger partial charge is 0.326 e. The molecule has 0 aliphatic heterocycles. The zero-order valence-corrected chi connectivity index (χ0v) is 13.3. The molecule has 1 fully saturated rings. The Balaban J connectivity index is 2.22. The van der Waals surface area contributed by atoms with Gasteiger partial charge in [-0.05, 0) is 38.8 Å². The van der Waals surface area contributed by atoms with Crippen LogP contribution in [-0.4, -0.2) is 23.5 Å². The van der Waals surface area contributed by atoms with Crippen LogP contribution in [0.25, 0.3) is 0 Å². The molecule has 1 saturated carbocycles. The van der Waals surface area contributed by atoms with Crippen LogP contribution in [0, 0.1) is 6.92 Å². The van der Waals surface area contributed by atoms with Crippen molar-refractivity contribution in [1.29, 1.82) is 0 Å². The molecule has 0 amide bonds. The van der Waals surface area contributed by atoms with E-state index in [0.29, 0.717) is 12.1 Å². The van der Waals surface area contributed by atoms with Crippen LogP contribution >= 0.6 is 0 Å². The van der Waals surface area contributed by atoms with E-state index < -0.39 is 0 Å². The highest BCUT2D eigenvalue weighted by atomic mass is 15.2. The third-order valence-electron chi connectivity index (χ3n) is 4.68. The summed E-state index contributed by atoms with van der Waals surface area (Å²) < 4.78 is 0. The van der Waals surface area contributed by atoms with Crippen LogP contribution in [0.1, 0.15) is 63.1 Å². The van der Waals surface area contributed by atoms with Gasteiger partial charge in [0.15, 0.2) is 0 Å². The van der Waals surface area contributed by atoms with Crippen LogP contribution in [-0.2, 0) is 0 Å². The van der Waals surface area contributed by atoms with E-state index in [-0.39, 0.29) is 6.04 Å². The second-order valence-corrected chi connectivity index (χ2v) is 6.34. The Morgan fingerprint density at radius 3 is 2.25 bits per heavy atom. The summed E-state index contributed by atoms with van der Waals surface area (Å²) in [6.45, 7) is 7.66. The first-order valence-electron chi connectivity index (χ1n) is 8.21. The second-order valence-electron chi connectivity index (χ2n) is 6.34. The summed E-state index contributed by atoms with van der Waals surface area (Å²) in [5, 5.41) is 0. The Bertz CT molecular complexity index is 390. The molecule has 2 unspecified atom stereocenters. The molecule has 112 valence electrons. The van der Waals surface area contributed by atoms with Crippen molar-refractivity contribution >= 4 is 0 Å². The summed E-state index contributed by atoms with van der Waals surface area (Å²) in [4.78, 5) is 2.65. The first-order chi connectivity index (χ1) is 9.63. The molecule has 0 heterocycles. The van der Waals surface area contributed by atoms with Crippen LogP contribution in [0.3, 0.4) is 0 Å². The Morgan fingerprint density at radius 2 is 1.75 bits per heavy atom. The minimum absolute atomic E-state index is 0.166. The predicted molar refractivity (Wildman–Crippen MR) is 86.8 cm³/mol. The van der Waals surface area contributed by atoms with Crippen LogP contribution in [0.5, 0.6) is 0 Å². The third kappa shape index (κ3) is 3.62. The highest BCUT2D eigenvalue weighted by Crippen LogP contribution is 2.31. The number of rotatable bonds is 5. The molecule has 1 aliphatic rings. The predicted octanol–water partition coefficient (Wildman–Crippen LogP) is 4.04. The van der Waals surface area contributed by atoms with Crippen LogP contribution in [0.15, 0.2) is 24.3 Å². The molecule has 2 heteroatoms. The number of nitrogens with zero attached hydrogens (tertiary/aromatic N) is 1. The summed E-state index contributed by atoms with van der Waals surface area (Å²) in [6.07, 6.45) is 6.83. The van der Waals surface area contributed by atoms with Crippen molar-refractivity contribution in [2.45, 2.75) is 71.0 Å². The van der Waals surface area contributed by atoms with Gasteiger partial charge in [0.1, 0.15) is 0 Å². The van der Waals surface area contributed by atoms with Gasteiger partial charge in [-0.3, -0.25) is 4.90 Å². The first-order valence-corrected chi connectivity index (χ1v) is 8.21. The van der Waals surface area contributed by atoms with E-state index in [0.717, 1.165) is 6.54 Å². The lowest BCUT2D eigenvalue weighted by Gasteiger charge is -2.41. The highest BCUT2D eigenvalue weighted by molar-refractivity contribution is 5.25. The van der Waals surface area contributed by atoms with E-state index in [1.54, 1.807) is 0 Å². The quantitative estimate of drug-likeness (QED) is 0.878. The molecule has 1 aromatic carbocycles. The number of nitrogens with two attached hydrogens (primary N) is 1. The zero-order valence-electron chi connectivity index (χ0n) is 13.3. The van der Waals surface area contributed by atoms with Crippen molar-refractivity contribution in [3.8, 4) is 0 Å². The van der Waals surface area contributed by atoms with E-state index in [2.05, 4.69) is 49.9 Å². The Kier molecular flexibility index (Phi) is 5.62. The Labute approximate surface area is 124 Å². The molecule has 1 aliphatic carbocycles. The number of hydrogen-bond donors (Lipinski definition) is 1. The van der Waals surface area contributed by atoms with Gasteiger partial charge in [0.2, 0.25) is 0 Å². The van der Waals surface area contributed by atoms with E-state index in [9.17, 15) is 0 Å². The van der Waals surface area contributed by atoms with Gasteiger partial charge in [-0.1, -0.05) is 56.0 Å². The van der Waals surface area contributed by atoms with E-state index in [1.165, 1.54) is 43.2 Å². The van der Waals surface area contributed by atoms with Crippen molar-refractivity contribution < 1.29 is 0 Å². The van der Waals surface area contributed by atoms with Crippen molar-refractivity contribution in [3.05, 3.63) is 35.4 Å². The fourth-order valence-corrected chi connectivity index (χ4v) is 3.66. The van der Waals surface area contributed by atoms with Gasteiger partial charge in [-0.2, -0.15) is 0 Å². The number of benzene rings is 1. The molecule has 2 nitrogen and oxygen atoms in total. The van der Waals surface area contributed by atoms with E-state index >= 15 is 0 Å². The Morgan fingerprint density at radius 1 is 1.15 bits per heavy atom. The molecule has 2 rings (SSSR count). The molecule has 2 N–H and O–H groups in total. The normalized spacial score (nSPS) is 20.1. The van der Waals surface area contributed by atoms with Crippen LogP contribution < -0.4 is 5.73 Å². The minimum Gasteiger partial charge on any atom is -0.326 e. The molecule has 0 radical (unpaired) electrons. The third-order valence-corrected chi connectivity index (χ3v) is 4.68.